The van der Waals surface area contributed by atoms with Crippen LogP contribution in [-0.4, -0.2) is 10.9 Å². The maximum absolute atomic E-state index is 13.4. The van der Waals surface area contributed by atoms with Gasteiger partial charge >= 0.3 is 6.18 Å². The lowest BCUT2D eigenvalue weighted by Gasteiger charge is -2.14. The molecule has 3 rings (SSSR count). The number of alkyl halides is 3. The maximum atomic E-state index is 13.4. The van der Waals surface area contributed by atoms with Gasteiger partial charge in [-0.3, -0.25) is 4.79 Å². The highest BCUT2D eigenvalue weighted by atomic mass is 35.5. The smallest absolute Gasteiger partial charge is 0.417 e. The SMILES string of the molecule is O=C(Nc1ccc(Cl)cc1)c1cnc(SCc2ccco2)cc1C(F)(F)F. The maximum Gasteiger partial charge on any atom is 0.417 e. The summed E-state index contributed by atoms with van der Waals surface area (Å²) in [5, 5.41) is 3.00. The predicted molar refractivity (Wildman–Crippen MR) is 96.9 cm³/mol. The third-order valence-electron chi connectivity index (χ3n) is 3.47. The Balaban J connectivity index is 1.82. The Labute approximate surface area is 161 Å². The molecule has 0 fully saturated rings. The first-order valence-electron chi connectivity index (χ1n) is 7.62. The quantitative estimate of drug-likeness (QED) is 0.531. The summed E-state index contributed by atoms with van der Waals surface area (Å²) in [6.07, 6.45) is -2.29. The van der Waals surface area contributed by atoms with Crippen molar-refractivity contribution in [1.82, 2.24) is 4.98 Å². The van der Waals surface area contributed by atoms with Crippen LogP contribution < -0.4 is 5.32 Å². The zero-order valence-corrected chi connectivity index (χ0v) is 15.2. The average molecular weight is 413 g/mol. The van der Waals surface area contributed by atoms with Crippen LogP contribution in [0, 0.1) is 0 Å². The van der Waals surface area contributed by atoms with Crippen molar-refractivity contribution in [3.05, 3.63) is 76.8 Å². The lowest BCUT2D eigenvalue weighted by Crippen LogP contribution is -2.19. The highest BCUT2D eigenvalue weighted by Crippen LogP contribution is 2.35. The molecular formula is C18H12ClF3N2O2S. The monoisotopic (exact) mass is 412 g/mol. The lowest BCUT2D eigenvalue weighted by atomic mass is 10.1. The van der Waals surface area contributed by atoms with Gasteiger partial charge in [0.05, 0.1) is 28.2 Å². The van der Waals surface area contributed by atoms with Crippen LogP contribution in [-0.2, 0) is 11.9 Å². The number of amides is 1. The number of thioether (sulfide) groups is 1. The largest absolute Gasteiger partial charge is 0.468 e. The number of halogens is 4. The number of carbonyl (C=O) groups is 1. The zero-order valence-electron chi connectivity index (χ0n) is 13.6. The molecule has 2 heterocycles. The van der Waals surface area contributed by atoms with Crippen molar-refractivity contribution in [2.24, 2.45) is 0 Å². The number of aromatic nitrogens is 1. The molecule has 0 unspecified atom stereocenters. The van der Waals surface area contributed by atoms with Crippen LogP contribution in [0.5, 0.6) is 0 Å². The van der Waals surface area contributed by atoms with Gasteiger partial charge in [-0.05, 0) is 42.5 Å². The molecule has 3 aromatic rings. The molecule has 0 saturated carbocycles. The molecule has 27 heavy (non-hydrogen) atoms. The second-order valence-electron chi connectivity index (χ2n) is 5.39. The number of pyridine rings is 1. The minimum atomic E-state index is -4.70. The van der Waals surface area contributed by atoms with E-state index in [0.29, 0.717) is 22.2 Å². The Morgan fingerprint density at radius 2 is 1.96 bits per heavy atom. The van der Waals surface area contributed by atoms with Gasteiger partial charge < -0.3 is 9.73 Å². The molecule has 9 heteroatoms. The fourth-order valence-corrected chi connectivity index (χ4v) is 3.11. The molecule has 1 N–H and O–H groups in total. The van der Waals surface area contributed by atoms with Gasteiger partial charge in [0.2, 0.25) is 0 Å². The summed E-state index contributed by atoms with van der Waals surface area (Å²) in [6.45, 7) is 0. The van der Waals surface area contributed by atoms with Gasteiger partial charge in [-0.25, -0.2) is 4.98 Å². The lowest BCUT2D eigenvalue weighted by molar-refractivity contribution is -0.138. The summed E-state index contributed by atoms with van der Waals surface area (Å²) in [5.74, 6) is 0.0350. The van der Waals surface area contributed by atoms with Crippen molar-refractivity contribution in [3.8, 4) is 0 Å². The number of hydrogen-bond acceptors (Lipinski definition) is 4. The van der Waals surface area contributed by atoms with E-state index in [1.165, 1.54) is 30.5 Å². The molecule has 0 aliphatic rings. The first-order chi connectivity index (χ1) is 12.8. The standard InChI is InChI=1S/C18H12ClF3N2O2S/c19-11-3-5-12(6-4-11)24-17(25)14-9-23-16(8-15(14)18(20,21)22)27-10-13-2-1-7-26-13/h1-9H,10H2,(H,24,25). The van der Waals surface area contributed by atoms with E-state index in [0.717, 1.165) is 24.0 Å². The number of hydrogen-bond donors (Lipinski definition) is 1. The number of furan rings is 1. The van der Waals surface area contributed by atoms with Crippen LogP contribution in [0.15, 0.2) is 64.4 Å². The summed E-state index contributed by atoms with van der Waals surface area (Å²) >= 11 is 6.84. The summed E-state index contributed by atoms with van der Waals surface area (Å²) < 4.78 is 45.5. The Morgan fingerprint density at radius 3 is 2.59 bits per heavy atom. The molecule has 0 radical (unpaired) electrons. The molecule has 2 aromatic heterocycles. The van der Waals surface area contributed by atoms with Gasteiger partial charge in [-0.2, -0.15) is 13.2 Å². The van der Waals surface area contributed by atoms with Crippen molar-refractivity contribution in [1.29, 1.82) is 0 Å². The molecule has 1 aromatic carbocycles. The molecule has 0 saturated heterocycles. The van der Waals surface area contributed by atoms with Crippen molar-refractivity contribution < 1.29 is 22.4 Å². The van der Waals surface area contributed by atoms with Crippen LogP contribution in [0.25, 0.3) is 0 Å². The second kappa shape index (κ2) is 8.06. The molecule has 0 aliphatic carbocycles. The normalized spacial score (nSPS) is 11.4. The summed E-state index contributed by atoms with van der Waals surface area (Å²) in [6, 6.07) is 10.3. The Bertz CT molecular complexity index is 929. The molecule has 0 aliphatic heterocycles. The summed E-state index contributed by atoms with van der Waals surface area (Å²) in [4.78, 5) is 16.3. The van der Waals surface area contributed by atoms with E-state index >= 15 is 0 Å². The van der Waals surface area contributed by atoms with Crippen molar-refractivity contribution in [3.63, 3.8) is 0 Å². The number of nitrogens with zero attached hydrogens (tertiary/aromatic N) is 1. The Kier molecular flexibility index (Phi) is 5.76. The molecular weight excluding hydrogens is 401 g/mol. The van der Waals surface area contributed by atoms with Gasteiger partial charge in [0, 0.05) is 16.9 Å². The first kappa shape index (κ1) is 19.3. The van der Waals surface area contributed by atoms with Gasteiger partial charge in [-0.15, -0.1) is 0 Å². The molecule has 0 atom stereocenters. The van der Waals surface area contributed by atoms with Gasteiger partial charge in [0.25, 0.3) is 5.91 Å². The minimum absolute atomic E-state index is 0.141. The highest BCUT2D eigenvalue weighted by molar-refractivity contribution is 7.98. The third-order valence-corrected chi connectivity index (χ3v) is 4.67. The van der Waals surface area contributed by atoms with Crippen molar-refractivity contribution >= 4 is 35.0 Å². The van der Waals surface area contributed by atoms with E-state index in [9.17, 15) is 18.0 Å². The highest BCUT2D eigenvalue weighted by Gasteiger charge is 2.36. The molecule has 0 spiro atoms. The number of benzene rings is 1. The van der Waals surface area contributed by atoms with Crippen LogP contribution in [0.3, 0.4) is 0 Å². The number of carbonyl (C=O) groups excluding carboxylic acids is 1. The van der Waals surface area contributed by atoms with Crippen molar-refractivity contribution in [2.45, 2.75) is 17.0 Å². The van der Waals surface area contributed by atoms with Crippen LogP contribution in [0.2, 0.25) is 5.02 Å². The van der Waals surface area contributed by atoms with Gasteiger partial charge in [-0.1, -0.05) is 23.4 Å². The van der Waals surface area contributed by atoms with Crippen molar-refractivity contribution in [2.75, 3.05) is 5.32 Å². The average Bonchev–Trinajstić information content (AvgIpc) is 3.14. The van der Waals surface area contributed by atoms with Crippen LogP contribution >= 0.6 is 23.4 Å². The molecule has 0 bridgehead atoms. The van der Waals surface area contributed by atoms with E-state index in [-0.39, 0.29) is 5.03 Å². The van der Waals surface area contributed by atoms with Crippen LogP contribution in [0.1, 0.15) is 21.7 Å². The fraction of sp³-hybridized carbons (Fsp3) is 0.111. The van der Waals surface area contributed by atoms with E-state index in [4.69, 9.17) is 16.0 Å². The van der Waals surface area contributed by atoms with E-state index < -0.39 is 23.2 Å². The van der Waals surface area contributed by atoms with Crippen LogP contribution in [0.4, 0.5) is 18.9 Å². The summed E-state index contributed by atoms with van der Waals surface area (Å²) in [5.41, 5.74) is -1.28. The Morgan fingerprint density at radius 1 is 1.22 bits per heavy atom. The topological polar surface area (TPSA) is 55.1 Å². The Hall–Kier alpha value is -2.45. The zero-order chi connectivity index (χ0) is 19.4. The van der Waals surface area contributed by atoms with E-state index in [1.807, 2.05) is 0 Å². The number of rotatable bonds is 5. The fourth-order valence-electron chi connectivity index (χ4n) is 2.20. The summed E-state index contributed by atoms with van der Waals surface area (Å²) in [7, 11) is 0. The molecule has 4 nitrogen and oxygen atoms in total. The van der Waals surface area contributed by atoms with Gasteiger partial charge in [0.15, 0.2) is 0 Å². The predicted octanol–water partition coefficient (Wildman–Crippen LogP) is 5.89. The minimum Gasteiger partial charge on any atom is -0.468 e. The molecule has 1 amide bonds. The number of anilines is 1. The van der Waals surface area contributed by atoms with E-state index in [2.05, 4.69) is 10.3 Å². The van der Waals surface area contributed by atoms with Gasteiger partial charge in [0.1, 0.15) is 5.76 Å². The molecule has 140 valence electrons. The van der Waals surface area contributed by atoms with E-state index in [1.54, 1.807) is 12.1 Å². The second-order valence-corrected chi connectivity index (χ2v) is 6.83. The third kappa shape index (κ3) is 5.05. The first-order valence-corrected chi connectivity index (χ1v) is 8.98. The number of nitrogens with one attached hydrogen (secondary N) is 1.